The second-order valence-corrected chi connectivity index (χ2v) is 5.25. The van der Waals surface area contributed by atoms with Gasteiger partial charge in [0.2, 0.25) is 0 Å². The lowest BCUT2D eigenvalue weighted by Gasteiger charge is -2.39. The Balaban J connectivity index is 2.80. The monoisotopic (exact) mass is 284 g/mol. The Morgan fingerprint density at radius 3 is 2.40 bits per heavy atom. The summed E-state index contributed by atoms with van der Waals surface area (Å²) in [6.07, 6.45) is 0.285. The van der Waals surface area contributed by atoms with Gasteiger partial charge in [-0.3, -0.25) is 4.90 Å². The molecule has 0 aliphatic carbocycles. The number of nitrogens with zero attached hydrogens (tertiary/aromatic N) is 1. The van der Waals surface area contributed by atoms with E-state index in [4.69, 9.17) is 15.2 Å². The summed E-state index contributed by atoms with van der Waals surface area (Å²) >= 11 is 0. The van der Waals surface area contributed by atoms with Gasteiger partial charge in [0.1, 0.15) is 5.82 Å². The molecule has 0 saturated heterocycles. The first-order valence-corrected chi connectivity index (χ1v) is 6.67. The lowest BCUT2D eigenvalue weighted by atomic mass is 9.94. The van der Waals surface area contributed by atoms with Gasteiger partial charge in [-0.1, -0.05) is 18.2 Å². The summed E-state index contributed by atoms with van der Waals surface area (Å²) < 4.78 is 24.2. The van der Waals surface area contributed by atoms with Gasteiger partial charge >= 0.3 is 0 Å². The molecule has 0 radical (unpaired) electrons. The van der Waals surface area contributed by atoms with Crippen molar-refractivity contribution in [3.05, 3.63) is 35.6 Å². The third kappa shape index (κ3) is 4.24. The summed E-state index contributed by atoms with van der Waals surface area (Å²) in [6, 6.07) is 6.77. The van der Waals surface area contributed by atoms with Gasteiger partial charge in [-0.05, 0) is 20.0 Å². The number of methoxy groups -OCH3 is 2. The zero-order chi connectivity index (χ0) is 15.2. The second kappa shape index (κ2) is 7.69. The summed E-state index contributed by atoms with van der Waals surface area (Å²) in [6.45, 7) is 2.95. The van der Waals surface area contributed by atoms with Gasteiger partial charge in [0.15, 0.2) is 6.29 Å². The smallest absolute Gasteiger partial charge is 0.158 e. The van der Waals surface area contributed by atoms with Crippen LogP contribution in [0.25, 0.3) is 0 Å². The fourth-order valence-corrected chi connectivity index (χ4v) is 2.09. The zero-order valence-corrected chi connectivity index (χ0v) is 12.7. The van der Waals surface area contributed by atoms with Gasteiger partial charge in [-0.2, -0.15) is 0 Å². The van der Waals surface area contributed by atoms with Crippen LogP contribution >= 0.6 is 0 Å². The highest BCUT2D eigenvalue weighted by molar-refractivity contribution is 5.17. The summed E-state index contributed by atoms with van der Waals surface area (Å²) in [5, 5.41) is 0. The Morgan fingerprint density at radius 1 is 1.30 bits per heavy atom. The van der Waals surface area contributed by atoms with Crippen LogP contribution in [0.2, 0.25) is 0 Å². The zero-order valence-electron chi connectivity index (χ0n) is 12.7. The molecule has 0 bridgehead atoms. The standard InChI is InChI=1S/C15H25FN2O2/c1-15(11-17,9-14(19-3)20-4)18(2)10-12-7-5-6-8-13(12)16/h5-8,14H,9-11,17H2,1-4H3. The molecule has 0 heterocycles. The van der Waals surface area contributed by atoms with Crippen molar-refractivity contribution in [3.63, 3.8) is 0 Å². The van der Waals surface area contributed by atoms with Crippen LogP contribution < -0.4 is 5.73 Å². The van der Waals surface area contributed by atoms with Crippen LogP contribution in [0.5, 0.6) is 0 Å². The number of likely N-dealkylation sites (N-methyl/N-ethyl adjacent to an activating group) is 1. The Bertz CT molecular complexity index is 413. The van der Waals surface area contributed by atoms with Gasteiger partial charge < -0.3 is 15.2 Å². The molecule has 1 aromatic carbocycles. The Kier molecular flexibility index (Phi) is 6.55. The van der Waals surface area contributed by atoms with E-state index in [1.807, 2.05) is 24.9 Å². The number of hydrogen-bond donors (Lipinski definition) is 1. The molecule has 1 atom stereocenters. The largest absolute Gasteiger partial charge is 0.356 e. The number of rotatable bonds is 8. The number of ether oxygens (including phenoxy) is 2. The minimum absolute atomic E-state index is 0.200. The molecule has 114 valence electrons. The molecule has 0 amide bonds. The normalized spacial score (nSPS) is 14.8. The first-order chi connectivity index (χ1) is 9.46. The van der Waals surface area contributed by atoms with Crippen molar-refractivity contribution in [2.45, 2.75) is 31.7 Å². The van der Waals surface area contributed by atoms with E-state index in [-0.39, 0.29) is 17.6 Å². The molecule has 20 heavy (non-hydrogen) atoms. The van der Waals surface area contributed by atoms with Crippen LogP contribution in [-0.4, -0.2) is 44.5 Å². The van der Waals surface area contributed by atoms with E-state index >= 15 is 0 Å². The van der Waals surface area contributed by atoms with E-state index < -0.39 is 0 Å². The van der Waals surface area contributed by atoms with Crippen molar-refractivity contribution in [1.29, 1.82) is 0 Å². The third-order valence-electron chi connectivity index (χ3n) is 3.86. The van der Waals surface area contributed by atoms with E-state index in [0.717, 1.165) is 0 Å². The van der Waals surface area contributed by atoms with Crippen molar-refractivity contribution in [2.24, 2.45) is 5.73 Å². The molecule has 5 heteroatoms. The fraction of sp³-hybridized carbons (Fsp3) is 0.600. The van der Waals surface area contributed by atoms with E-state index in [0.29, 0.717) is 25.1 Å². The predicted molar refractivity (Wildman–Crippen MR) is 77.7 cm³/mol. The van der Waals surface area contributed by atoms with E-state index in [2.05, 4.69) is 0 Å². The molecule has 0 saturated carbocycles. The van der Waals surface area contributed by atoms with Gasteiger partial charge in [0, 0.05) is 44.8 Å². The number of benzene rings is 1. The van der Waals surface area contributed by atoms with Crippen molar-refractivity contribution < 1.29 is 13.9 Å². The SMILES string of the molecule is COC(CC(C)(CN)N(C)Cc1ccccc1F)OC. The molecule has 0 spiro atoms. The molecular weight excluding hydrogens is 259 g/mol. The number of nitrogens with two attached hydrogens (primary N) is 1. The minimum Gasteiger partial charge on any atom is -0.356 e. The van der Waals surface area contributed by atoms with Crippen molar-refractivity contribution in [2.75, 3.05) is 27.8 Å². The lowest BCUT2D eigenvalue weighted by molar-refractivity contribution is -0.127. The fourth-order valence-electron chi connectivity index (χ4n) is 2.09. The summed E-state index contributed by atoms with van der Waals surface area (Å²) in [5.41, 5.74) is 6.23. The van der Waals surface area contributed by atoms with Crippen LogP contribution in [-0.2, 0) is 16.0 Å². The van der Waals surface area contributed by atoms with Gasteiger partial charge in [-0.25, -0.2) is 4.39 Å². The topological polar surface area (TPSA) is 47.7 Å². The van der Waals surface area contributed by atoms with Crippen LogP contribution in [0.4, 0.5) is 4.39 Å². The number of hydrogen-bond acceptors (Lipinski definition) is 4. The van der Waals surface area contributed by atoms with Crippen LogP contribution in [0, 0.1) is 5.82 Å². The average molecular weight is 284 g/mol. The van der Waals surface area contributed by atoms with Crippen molar-refractivity contribution in [3.8, 4) is 0 Å². The van der Waals surface area contributed by atoms with E-state index in [1.54, 1.807) is 26.4 Å². The first kappa shape index (κ1) is 17.0. The van der Waals surface area contributed by atoms with Crippen LogP contribution in [0.1, 0.15) is 18.9 Å². The third-order valence-corrected chi connectivity index (χ3v) is 3.86. The van der Waals surface area contributed by atoms with Gasteiger partial charge in [-0.15, -0.1) is 0 Å². The van der Waals surface area contributed by atoms with Crippen LogP contribution in [0.15, 0.2) is 24.3 Å². The van der Waals surface area contributed by atoms with E-state index in [1.165, 1.54) is 6.07 Å². The molecule has 4 nitrogen and oxygen atoms in total. The predicted octanol–water partition coefficient (Wildman–Crippen LogP) is 1.98. The lowest BCUT2D eigenvalue weighted by Crippen LogP contribution is -2.51. The Morgan fingerprint density at radius 2 is 1.90 bits per heavy atom. The molecule has 0 fully saturated rings. The van der Waals surface area contributed by atoms with Crippen molar-refractivity contribution >= 4 is 0 Å². The quantitative estimate of drug-likeness (QED) is 0.742. The molecule has 1 unspecified atom stereocenters. The van der Waals surface area contributed by atoms with E-state index in [9.17, 15) is 4.39 Å². The molecule has 0 aliphatic rings. The summed E-state index contributed by atoms with van der Waals surface area (Å²) in [4.78, 5) is 2.04. The molecular formula is C15H25FN2O2. The first-order valence-electron chi connectivity index (χ1n) is 6.67. The summed E-state index contributed by atoms with van der Waals surface area (Å²) in [5.74, 6) is -0.200. The Labute approximate surface area is 120 Å². The maximum absolute atomic E-state index is 13.7. The minimum atomic E-state index is -0.334. The maximum atomic E-state index is 13.7. The molecule has 0 aromatic heterocycles. The number of halogens is 1. The van der Waals surface area contributed by atoms with Gasteiger partial charge in [0.05, 0.1) is 0 Å². The highest BCUT2D eigenvalue weighted by Crippen LogP contribution is 2.23. The average Bonchev–Trinajstić information content (AvgIpc) is 2.46. The van der Waals surface area contributed by atoms with Crippen molar-refractivity contribution in [1.82, 2.24) is 4.90 Å². The van der Waals surface area contributed by atoms with Gasteiger partial charge in [0.25, 0.3) is 0 Å². The summed E-state index contributed by atoms with van der Waals surface area (Å²) in [7, 11) is 5.13. The molecule has 0 aliphatic heterocycles. The molecule has 1 aromatic rings. The highest BCUT2D eigenvalue weighted by atomic mass is 19.1. The molecule has 2 N–H and O–H groups in total. The maximum Gasteiger partial charge on any atom is 0.158 e. The second-order valence-electron chi connectivity index (χ2n) is 5.25. The van der Waals surface area contributed by atoms with Crippen LogP contribution in [0.3, 0.4) is 0 Å². The Hall–Kier alpha value is -1.01. The highest BCUT2D eigenvalue weighted by Gasteiger charge is 2.31. The molecule has 1 rings (SSSR count).